The summed E-state index contributed by atoms with van der Waals surface area (Å²) in [6.07, 6.45) is 0. The molecule has 1 N–H and O–H groups in total. The van der Waals surface area contributed by atoms with Crippen LogP contribution in [-0.4, -0.2) is 50.0 Å². The zero-order valence-corrected chi connectivity index (χ0v) is 21.0. The van der Waals surface area contributed by atoms with Crippen LogP contribution in [0.3, 0.4) is 0 Å². The van der Waals surface area contributed by atoms with Crippen molar-refractivity contribution >= 4 is 39.8 Å². The minimum atomic E-state index is -0.200. The summed E-state index contributed by atoms with van der Waals surface area (Å²) in [7, 11) is 0. The van der Waals surface area contributed by atoms with Crippen LogP contribution in [-0.2, 0) is 11.3 Å². The first kappa shape index (κ1) is 24.2. The Kier molecular flexibility index (Phi) is 7.54. The first-order valence-electron chi connectivity index (χ1n) is 11.8. The summed E-state index contributed by atoms with van der Waals surface area (Å²) < 4.78 is 19.4. The lowest BCUT2D eigenvalue weighted by Gasteiger charge is -2.31. The molecule has 1 aliphatic heterocycles. The van der Waals surface area contributed by atoms with Crippen molar-refractivity contribution in [3.8, 4) is 11.5 Å². The third-order valence-electron chi connectivity index (χ3n) is 6.07. The molecule has 1 aliphatic rings. The standard InChI is InChI=1S/C26H32ClN3O4/c1-5-30-21-9-8-18(27)14-19(21)17(4)25(30)26(31)28-20-15-24(34-7-3)22(16-23(20)33-6-2)29-10-12-32-13-11-29/h8-9,14-16H,5-7,10-13H2,1-4H3,(H,28,31). The van der Waals surface area contributed by atoms with E-state index in [-0.39, 0.29) is 5.91 Å². The van der Waals surface area contributed by atoms with Crippen molar-refractivity contribution in [3.05, 3.63) is 46.6 Å². The van der Waals surface area contributed by atoms with E-state index in [0.29, 0.717) is 60.9 Å². The summed E-state index contributed by atoms with van der Waals surface area (Å²) >= 11 is 6.23. The van der Waals surface area contributed by atoms with E-state index < -0.39 is 0 Å². The first-order chi connectivity index (χ1) is 16.5. The predicted octanol–water partition coefficient (Wildman–Crippen LogP) is 5.51. The van der Waals surface area contributed by atoms with Gasteiger partial charge in [0.05, 0.1) is 37.8 Å². The van der Waals surface area contributed by atoms with Crippen LogP contribution < -0.4 is 19.7 Å². The molecule has 0 atom stereocenters. The summed E-state index contributed by atoms with van der Waals surface area (Å²) in [4.78, 5) is 15.8. The molecule has 8 heteroatoms. The highest BCUT2D eigenvalue weighted by Crippen LogP contribution is 2.40. The van der Waals surface area contributed by atoms with Crippen LogP contribution in [0.4, 0.5) is 11.4 Å². The van der Waals surface area contributed by atoms with Crippen LogP contribution in [0.25, 0.3) is 10.9 Å². The maximum absolute atomic E-state index is 13.6. The van der Waals surface area contributed by atoms with Crippen LogP contribution in [0.15, 0.2) is 30.3 Å². The number of rotatable bonds is 8. The van der Waals surface area contributed by atoms with Crippen molar-refractivity contribution in [1.29, 1.82) is 0 Å². The quantitative estimate of drug-likeness (QED) is 0.455. The smallest absolute Gasteiger partial charge is 0.272 e. The van der Waals surface area contributed by atoms with Gasteiger partial charge >= 0.3 is 0 Å². The number of fused-ring (bicyclic) bond motifs is 1. The monoisotopic (exact) mass is 485 g/mol. The number of benzene rings is 2. The number of nitrogens with one attached hydrogen (secondary N) is 1. The zero-order valence-electron chi connectivity index (χ0n) is 20.2. The minimum absolute atomic E-state index is 0.200. The largest absolute Gasteiger partial charge is 0.492 e. The number of hydrogen-bond acceptors (Lipinski definition) is 5. The number of morpholine rings is 1. The molecule has 0 radical (unpaired) electrons. The Bertz CT molecular complexity index is 1180. The van der Waals surface area contributed by atoms with Crippen LogP contribution >= 0.6 is 11.6 Å². The molecule has 2 heterocycles. The topological polar surface area (TPSA) is 65.0 Å². The highest BCUT2D eigenvalue weighted by molar-refractivity contribution is 6.31. The van der Waals surface area contributed by atoms with Crippen molar-refractivity contribution in [1.82, 2.24) is 4.57 Å². The number of halogens is 1. The Morgan fingerprint density at radius 1 is 1.06 bits per heavy atom. The van der Waals surface area contributed by atoms with Crippen molar-refractivity contribution in [2.75, 3.05) is 49.7 Å². The molecule has 7 nitrogen and oxygen atoms in total. The maximum Gasteiger partial charge on any atom is 0.272 e. The number of carbonyl (C=O) groups excluding carboxylic acids is 1. The van der Waals surface area contributed by atoms with Crippen LogP contribution in [0, 0.1) is 6.92 Å². The molecular weight excluding hydrogens is 454 g/mol. The van der Waals surface area contributed by atoms with E-state index in [1.807, 2.05) is 62.6 Å². The molecule has 1 fully saturated rings. The van der Waals surface area contributed by atoms with Gasteiger partial charge in [0, 0.05) is 47.7 Å². The Hall–Kier alpha value is -2.90. The second-order valence-electron chi connectivity index (χ2n) is 8.11. The normalized spacial score (nSPS) is 13.9. The third kappa shape index (κ3) is 4.68. The molecule has 0 spiro atoms. The summed E-state index contributed by atoms with van der Waals surface area (Å²) in [6, 6.07) is 9.54. The van der Waals surface area contributed by atoms with E-state index in [1.54, 1.807) is 0 Å². The lowest BCUT2D eigenvalue weighted by Crippen LogP contribution is -2.36. The van der Waals surface area contributed by atoms with Gasteiger partial charge in [-0.25, -0.2) is 0 Å². The van der Waals surface area contributed by atoms with Gasteiger partial charge in [0.2, 0.25) is 0 Å². The molecule has 0 saturated carbocycles. The zero-order chi connectivity index (χ0) is 24.2. The summed E-state index contributed by atoms with van der Waals surface area (Å²) in [5, 5.41) is 4.71. The van der Waals surface area contributed by atoms with E-state index in [9.17, 15) is 4.79 Å². The lowest BCUT2D eigenvalue weighted by atomic mass is 10.1. The van der Waals surface area contributed by atoms with Crippen molar-refractivity contribution in [3.63, 3.8) is 0 Å². The van der Waals surface area contributed by atoms with Crippen LogP contribution in [0.5, 0.6) is 11.5 Å². The Morgan fingerprint density at radius 2 is 1.76 bits per heavy atom. The molecule has 34 heavy (non-hydrogen) atoms. The summed E-state index contributed by atoms with van der Waals surface area (Å²) in [6.45, 7) is 12.4. The van der Waals surface area contributed by atoms with E-state index in [1.165, 1.54) is 0 Å². The van der Waals surface area contributed by atoms with E-state index in [2.05, 4.69) is 10.2 Å². The van der Waals surface area contributed by atoms with Crippen molar-refractivity contribution in [2.45, 2.75) is 34.2 Å². The van der Waals surface area contributed by atoms with E-state index in [4.69, 9.17) is 25.8 Å². The highest BCUT2D eigenvalue weighted by Gasteiger charge is 2.24. The molecule has 1 amide bonds. The summed E-state index contributed by atoms with van der Waals surface area (Å²) in [5.74, 6) is 1.12. The highest BCUT2D eigenvalue weighted by atomic mass is 35.5. The number of aromatic nitrogens is 1. The van der Waals surface area contributed by atoms with Crippen molar-refractivity contribution < 1.29 is 19.0 Å². The molecule has 1 saturated heterocycles. The molecule has 1 aromatic heterocycles. The van der Waals surface area contributed by atoms with E-state index in [0.717, 1.165) is 35.2 Å². The molecule has 0 bridgehead atoms. The fourth-order valence-electron chi connectivity index (χ4n) is 4.54. The number of amides is 1. The van der Waals surface area contributed by atoms with Crippen LogP contribution in [0.2, 0.25) is 5.02 Å². The van der Waals surface area contributed by atoms with E-state index >= 15 is 0 Å². The molecule has 0 unspecified atom stereocenters. The fraction of sp³-hybridized carbons (Fsp3) is 0.423. The molecule has 4 rings (SSSR count). The Morgan fingerprint density at radius 3 is 2.44 bits per heavy atom. The maximum atomic E-state index is 13.6. The number of anilines is 2. The van der Waals surface area contributed by atoms with Crippen molar-refractivity contribution in [2.24, 2.45) is 0 Å². The van der Waals surface area contributed by atoms with Gasteiger partial charge in [0.1, 0.15) is 17.2 Å². The predicted molar refractivity (Wildman–Crippen MR) is 137 cm³/mol. The van der Waals surface area contributed by atoms with Gasteiger partial charge < -0.3 is 29.0 Å². The number of carbonyl (C=O) groups is 1. The Balaban J connectivity index is 1.75. The number of hydrogen-bond donors (Lipinski definition) is 1. The molecule has 3 aromatic rings. The Labute approximate surface area is 205 Å². The average Bonchev–Trinajstić information content (AvgIpc) is 3.12. The molecule has 0 aliphatic carbocycles. The fourth-order valence-corrected chi connectivity index (χ4v) is 4.71. The van der Waals surface area contributed by atoms with Gasteiger partial charge in [-0.3, -0.25) is 4.79 Å². The van der Waals surface area contributed by atoms with Gasteiger partial charge in [-0.15, -0.1) is 0 Å². The second-order valence-corrected chi connectivity index (χ2v) is 8.55. The summed E-state index contributed by atoms with van der Waals surface area (Å²) in [5.41, 5.74) is 4.01. The van der Waals surface area contributed by atoms with Gasteiger partial charge in [-0.1, -0.05) is 11.6 Å². The third-order valence-corrected chi connectivity index (χ3v) is 6.31. The minimum Gasteiger partial charge on any atom is -0.492 e. The lowest BCUT2D eigenvalue weighted by molar-refractivity contribution is 0.101. The molecule has 182 valence electrons. The van der Waals surface area contributed by atoms with Gasteiger partial charge in [-0.05, 0) is 51.5 Å². The van der Waals surface area contributed by atoms with Gasteiger partial charge in [-0.2, -0.15) is 0 Å². The molecule has 2 aromatic carbocycles. The number of aryl methyl sites for hydroxylation is 2. The number of ether oxygens (including phenoxy) is 3. The average molecular weight is 486 g/mol. The van der Waals surface area contributed by atoms with Gasteiger partial charge in [0.15, 0.2) is 0 Å². The first-order valence-corrected chi connectivity index (χ1v) is 12.2. The molecular formula is C26H32ClN3O4. The van der Waals surface area contributed by atoms with Crippen LogP contribution in [0.1, 0.15) is 36.8 Å². The second kappa shape index (κ2) is 10.6. The SMILES string of the molecule is CCOc1cc(N2CCOCC2)c(OCC)cc1NC(=O)c1c(C)c2cc(Cl)ccc2n1CC. The number of nitrogens with zero attached hydrogens (tertiary/aromatic N) is 2. The van der Waals surface area contributed by atoms with Gasteiger partial charge in [0.25, 0.3) is 5.91 Å².